The smallest absolute Gasteiger partial charge is 0.163 e. The first kappa shape index (κ1) is 18.8. The molecule has 6 heteroatoms. The Labute approximate surface area is 174 Å². The number of rotatable bonds is 2. The summed E-state index contributed by atoms with van der Waals surface area (Å²) >= 11 is 6.14. The monoisotopic (exact) mass is 411 g/mol. The van der Waals surface area contributed by atoms with Crippen molar-refractivity contribution in [1.82, 2.24) is 4.98 Å². The van der Waals surface area contributed by atoms with E-state index < -0.39 is 11.4 Å². The number of ether oxygens (including phenoxy) is 1. The Bertz CT molecular complexity index is 1020. The molecule has 2 heterocycles. The van der Waals surface area contributed by atoms with E-state index in [1.165, 1.54) is 5.56 Å². The summed E-state index contributed by atoms with van der Waals surface area (Å²) in [6.45, 7) is 0. The predicted octanol–water partition coefficient (Wildman–Crippen LogP) is 4.95. The maximum absolute atomic E-state index is 14.6. The van der Waals surface area contributed by atoms with Gasteiger partial charge in [0.2, 0.25) is 0 Å². The Morgan fingerprint density at radius 1 is 1.17 bits per heavy atom. The van der Waals surface area contributed by atoms with Crippen LogP contribution in [0.15, 0.2) is 53.6 Å². The summed E-state index contributed by atoms with van der Waals surface area (Å²) in [5.74, 6) is -0.415. The fourth-order valence-electron chi connectivity index (χ4n) is 5.50. The normalized spacial score (nSPS) is 30.5. The SMILES string of the molecule is COC1CCC2(CC1)Cc1ccc(-c3cncc(Cl)c3)cc1C21C=C(F)C(N)=N1. The zero-order chi connectivity index (χ0) is 20.2. The zero-order valence-electron chi connectivity index (χ0n) is 16.3. The molecule has 1 aliphatic heterocycles. The third-order valence-electron chi connectivity index (χ3n) is 7.00. The Hall–Kier alpha value is -2.24. The van der Waals surface area contributed by atoms with Gasteiger partial charge in [-0.25, -0.2) is 9.38 Å². The quantitative estimate of drug-likeness (QED) is 0.760. The maximum Gasteiger partial charge on any atom is 0.163 e. The highest BCUT2D eigenvalue weighted by atomic mass is 35.5. The van der Waals surface area contributed by atoms with Crippen molar-refractivity contribution >= 4 is 17.4 Å². The summed E-state index contributed by atoms with van der Waals surface area (Å²) in [4.78, 5) is 8.97. The van der Waals surface area contributed by atoms with Gasteiger partial charge in [-0.15, -0.1) is 0 Å². The molecule has 2 aliphatic carbocycles. The molecule has 1 atom stereocenters. The number of methoxy groups -OCH3 is 1. The lowest BCUT2D eigenvalue weighted by atomic mass is 9.62. The van der Waals surface area contributed by atoms with Crippen molar-refractivity contribution < 1.29 is 9.13 Å². The van der Waals surface area contributed by atoms with Gasteiger partial charge >= 0.3 is 0 Å². The predicted molar refractivity (Wildman–Crippen MR) is 113 cm³/mol. The highest BCUT2D eigenvalue weighted by Crippen LogP contribution is 2.62. The average Bonchev–Trinajstić information content (AvgIpc) is 3.16. The van der Waals surface area contributed by atoms with Crippen molar-refractivity contribution in [2.75, 3.05) is 7.11 Å². The minimum Gasteiger partial charge on any atom is -0.382 e. The molecular weight excluding hydrogens is 389 g/mol. The fourth-order valence-corrected chi connectivity index (χ4v) is 5.67. The van der Waals surface area contributed by atoms with Crippen LogP contribution in [-0.4, -0.2) is 24.0 Å². The first-order chi connectivity index (χ1) is 14.0. The number of nitrogens with zero attached hydrogens (tertiary/aromatic N) is 2. The van der Waals surface area contributed by atoms with E-state index in [-0.39, 0.29) is 17.4 Å². The average molecular weight is 412 g/mol. The van der Waals surface area contributed by atoms with Gasteiger partial charge in [-0.1, -0.05) is 23.7 Å². The first-order valence-electron chi connectivity index (χ1n) is 9.97. The number of nitrogens with two attached hydrogens (primary N) is 1. The molecule has 0 saturated heterocycles. The molecule has 0 radical (unpaired) electrons. The number of aliphatic imine (C=N–C) groups is 1. The number of hydrogen-bond acceptors (Lipinski definition) is 4. The number of benzene rings is 1. The van der Waals surface area contributed by atoms with E-state index in [4.69, 9.17) is 27.1 Å². The van der Waals surface area contributed by atoms with Crippen molar-refractivity contribution in [1.29, 1.82) is 0 Å². The van der Waals surface area contributed by atoms with Crippen molar-refractivity contribution in [3.63, 3.8) is 0 Å². The Balaban J connectivity index is 1.65. The number of aromatic nitrogens is 1. The number of amidine groups is 1. The second kappa shape index (κ2) is 6.64. The van der Waals surface area contributed by atoms with Crippen LogP contribution in [0, 0.1) is 5.41 Å². The summed E-state index contributed by atoms with van der Waals surface area (Å²) < 4.78 is 20.2. The van der Waals surface area contributed by atoms with Gasteiger partial charge in [0.1, 0.15) is 5.54 Å². The van der Waals surface area contributed by atoms with E-state index in [1.54, 1.807) is 25.6 Å². The van der Waals surface area contributed by atoms with Gasteiger partial charge in [0.15, 0.2) is 11.7 Å². The van der Waals surface area contributed by atoms with Gasteiger partial charge in [-0.05, 0) is 67.0 Å². The second-order valence-corrected chi connectivity index (χ2v) is 8.85. The van der Waals surface area contributed by atoms with Crippen LogP contribution in [-0.2, 0) is 16.7 Å². The lowest BCUT2D eigenvalue weighted by molar-refractivity contribution is 0.00815. The maximum atomic E-state index is 14.6. The molecule has 150 valence electrons. The third kappa shape index (κ3) is 2.75. The minimum absolute atomic E-state index is 0.000847. The molecule has 1 fully saturated rings. The van der Waals surface area contributed by atoms with Crippen LogP contribution in [0.3, 0.4) is 0 Å². The molecule has 29 heavy (non-hydrogen) atoms. The molecule has 2 spiro atoms. The fraction of sp³-hybridized carbons (Fsp3) is 0.391. The second-order valence-electron chi connectivity index (χ2n) is 8.41. The van der Waals surface area contributed by atoms with E-state index in [1.807, 2.05) is 6.07 Å². The summed E-state index contributed by atoms with van der Waals surface area (Å²) in [5, 5.41) is 0.584. The largest absolute Gasteiger partial charge is 0.382 e. The van der Waals surface area contributed by atoms with E-state index in [2.05, 4.69) is 23.2 Å². The number of halogens is 2. The van der Waals surface area contributed by atoms with E-state index in [0.717, 1.165) is 48.8 Å². The van der Waals surface area contributed by atoms with E-state index >= 15 is 0 Å². The van der Waals surface area contributed by atoms with E-state index in [0.29, 0.717) is 5.02 Å². The molecule has 1 unspecified atom stereocenters. The van der Waals surface area contributed by atoms with Gasteiger partial charge < -0.3 is 10.5 Å². The highest BCUT2D eigenvalue weighted by molar-refractivity contribution is 6.30. The van der Waals surface area contributed by atoms with Crippen LogP contribution in [0.1, 0.15) is 36.8 Å². The van der Waals surface area contributed by atoms with Gasteiger partial charge in [0, 0.05) is 30.5 Å². The van der Waals surface area contributed by atoms with Crippen molar-refractivity contribution in [2.24, 2.45) is 16.1 Å². The molecule has 2 N–H and O–H groups in total. The van der Waals surface area contributed by atoms with Crippen LogP contribution in [0.2, 0.25) is 5.02 Å². The van der Waals surface area contributed by atoms with Crippen LogP contribution in [0.5, 0.6) is 0 Å². The molecule has 1 aromatic heterocycles. The third-order valence-corrected chi connectivity index (χ3v) is 7.20. The molecule has 2 aromatic rings. The summed E-state index contributed by atoms with van der Waals surface area (Å²) in [5.41, 5.74) is 9.21. The van der Waals surface area contributed by atoms with Gasteiger partial charge in [-0.3, -0.25) is 4.98 Å². The highest BCUT2D eigenvalue weighted by Gasteiger charge is 2.59. The van der Waals surface area contributed by atoms with Gasteiger partial charge in [0.05, 0.1) is 11.1 Å². The Morgan fingerprint density at radius 2 is 1.97 bits per heavy atom. The van der Waals surface area contributed by atoms with Gasteiger partial charge in [0.25, 0.3) is 0 Å². The van der Waals surface area contributed by atoms with Crippen molar-refractivity contribution in [3.05, 3.63) is 64.7 Å². The van der Waals surface area contributed by atoms with Crippen LogP contribution >= 0.6 is 11.6 Å². The lowest BCUT2D eigenvalue weighted by Gasteiger charge is -2.45. The first-order valence-corrected chi connectivity index (χ1v) is 10.4. The lowest BCUT2D eigenvalue weighted by Crippen LogP contribution is -2.43. The minimum atomic E-state index is -0.753. The standard InChI is InChI=1S/C23H23ClFN3O/c1-29-18-4-6-22(7-5-18)10-15-3-2-14(16-8-17(24)13-27-12-16)9-19(15)23(22)11-20(25)21(26)28-23/h2-3,8-9,11-13,18H,4-7,10H2,1H3,(H2,26,28). The van der Waals surface area contributed by atoms with E-state index in [9.17, 15) is 4.39 Å². The molecule has 3 aliphatic rings. The molecule has 1 aromatic carbocycles. The van der Waals surface area contributed by atoms with Crippen LogP contribution in [0.25, 0.3) is 11.1 Å². The van der Waals surface area contributed by atoms with Gasteiger partial charge in [-0.2, -0.15) is 0 Å². The Morgan fingerprint density at radius 3 is 2.62 bits per heavy atom. The molecule has 1 saturated carbocycles. The van der Waals surface area contributed by atoms with Crippen LogP contribution in [0.4, 0.5) is 4.39 Å². The van der Waals surface area contributed by atoms with Crippen LogP contribution < -0.4 is 5.73 Å². The zero-order valence-corrected chi connectivity index (χ0v) is 17.0. The summed E-state index contributed by atoms with van der Waals surface area (Å²) in [6.07, 6.45) is 9.93. The molecule has 0 amide bonds. The summed E-state index contributed by atoms with van der Waals surface area (Å²) in [7, 11) is 1.76. The number of pyridine rings is 1. The van der Waals surface area contributed by atoms with Crippen molar-refractivity contribution in [2.45, 2.75) is 43.7 Å². The topological polar surface area (TPSA) is 60.5 Å². The van der Waals surface area contributed by atoms with Crippen molar-refractivity contribution in [3.8, 4) is 11.1 Å². The molecule has 4 nitrogen and oxygen atoms in total. The summed E-state index contributed by atoms with van der Waals surface area (Å²) in [6, 6.07) is 8.23. The molecular formula is C23H23ClFN3O. The number of hydrogen-bond donors (Lipinski definition) is 1. The Kier molecular flexibility index (Phi) is 4.30. The number of fused-ring (bicyclic) bond motifs is 3. The molecule has 0 bridgehead atoms. The molecule has 5 rings (SSSR count).